The molecule has 0 saturated carbocycles. The number of benzene rings is 1. The van der Waals surface area contributed by atoms with Gasteiger partial charge < -0.3 is 9.64 Å². The highest BCUT2D eigenvalue weighted by atomic mass is 127. The lowest BCUT2D eigenvalue weighted by molar-refractivity contribution is -0.116. The second kappa shape index (κ2) is 3.76. The van der Waals surface area contributed by atoms with Crippen LogP contribution in [0.25, 0.3) is 0 Å². The van der Waals surface area contributed by atoms with Crippen LogP contribution in [0.4, 0.5) is 5.69 Å². The van der Waals surface area contributed by atoms with Crippen molar-refractivity contribution in [2.24, 2.45) is 0 Å². The van der Waals surface area contributed by atoms with Crippen LogP contribution in [-0.4, -0.2) is 19.1 Å². The molecule has 0 unspecified atom stereocenters. The largest absolute Gasteiger partial charge is 0.490 e. The first-order valence-electron chi connectivity index (χ1n) is 4.39. The second-order valence-corrected chi connectivity index (χ2v) is 4.38. The van der Waals surface area contributed by atoms with Gasteiger partial charge in [-0.3, -0.25) is 4.79 Å². The Morgan fingerprint density at radius 1 is 1.57 bits per heavy atom. The number of nitrogens with zero attached hydrogens (tertiary/aromatic N) is 1. The number of rotatable bonds is 0. The van der Waals surface area contributed by atoms with Gasteiger partial charge in [0.25, 0.3) is 0 Å². The van der Waals surface area contributed by atoms with Crippen molar-refractivity contribution < 1.29 is 9.53 Å². The van der Waals surface area contributed by atoms with Gasteiger partial charge in [-0.2, -0.15) is 0 Å². The molecule has 1 aromatic carbocycles. The zero-order chi connectivity index (χ0) is 10.1. The first-order valence-corrected chi connectivity index (χ1v) is 5.47. The van der Waals surface area contributed by atoms with Crippen LogP contribution in [0.3, 0.4) is 0 Å². The molecule has 0 aromatic heterocycles. The Bertz CT molecular complexity index is 378. The molecule has 3 nitrogen and oxygen atoms in total. The van der Waals surface area contributed by atoms with Gasteiger partial charge in [-0.25, -0.2) is 0 Å². The SMILES string of the molecule is CC(=O)N1CCOc2ccc(I)cc21. The average Bonchev–Trinajstić information content (AvgIpc) is 2.16. The van der Waals surface area contributed by atoms with Crippen molar-refractivity contribution in [1.82, 2.24) is 0 Å². The normalized spacial score (nSPS) is 14.6. The molecule has 1 aliphatic heterocycles. The maximum Gasteiger partial charge on any atom is 0.224 e. The Labute approximate surface area is 96.2 Å². The zero-order valence-corrected chi connectivity index (χ0v) is 9.95. The molecular weight excluding hydrogens is 293 g/mol. The van der Waals surface area contributed by atoms with E-state index in [1.54, 1.807) is 11.8 Å². The molecule has 0 radical (unpaired) electrons. The van der Waals surface area contributed by atoms with Crippen LogP contribution in [0, 0.1) is 3.57 Å². The van der Waals surface area contributed by atoms with E-state index in [1.165, 1.54) is 0 Å². The maximum atomic E-state index is 11.3. The topological polar surface area (TPSA) is 29.5 Å². The standard InChI is InChI=1S/C10H10INO2/c1-7(13)12-4-5-14-10-3-2-8(11)6-9(10)12/h2-3,6H,4-5H2,1H3. The zero-order valence-electron chi connectivity index (χ0n) is 7.79. The van der Waals surface area contributed by atoms with Gasteiger partial charge in [-0.05, 0) is 40.8 Å². The molecule has 0 fully saturated rings. The fourth-order valence-corrected chi connectivity index (χ4v) is 1.99. The third-order valence-corrected chi connectivity index (χ3v) is 2.84. The van der Waals surface area contributed by atoms with Gasteiger partial charge in [0.1, 0.15) is 12.4 Å². The number of fused-ring (bicyclic) bond motifs is 1. The van der Waals surface area contributed by atoms with E-state index in [9.17, 15) is 4.79 Å². The van der Waals surface area contributed by atoms with Crippen molar-refractivity contribution in [3.05, 3.63) is 21.8 Å². The number of hydrogen-bond donors (Lipinski definition) is 0. The van der Waals surface area contributed by atoms with E-state index in [4.69, 9.17) is 4.74 Å². The summed E-state index contributed by atoms with van der Waals surface area (Å²) >= 11 is 2.23. The highest BCUT2D eigenvalue weighted by molar-refractivity contribution is 14.1. The highest BCUT2D eigenvalue weighted by Crippen LogP contribution is 2.32. The first-order chi connectivity index (χ1) is 6.68. The predicted octanol–water partition coefficient (Wildman–Crippen LogP) is 2.04. The van der Waals surface area contributed by atoms with Gasteiger partial charge in [-0.15, -0.1) is 0 Å². The molecule has 0 aliphatic carbocycles. The fourth-order valence-electron chi connectivity index (χ4n) is 1.52. The van der Waals surface area contributed by atoms with E-state index >= 15 is 0 Å². The van der Waals surface area contributed by atoms with Gasteiger partial charge >= 0.3 is 0 Å². The summed E-state index contributed by atoms with van der Waals surface area (Å²) < 4.78 is 6.57. The van der Waals surface area contributed by atoms with Gasteiger partial charge in [0.05, 0.1) is 12.2 Å². The van der Waals surface area contributed by atoms with E-state index in [-0.39, 0.29) is 5.91 Å². The van der Waals surface area contributed by atoms with Gasteiger partial charge in [0.2, 0.25) is 5.91 Å². The summed E-state index contributed by atoms with van der Waals surface area (Å²) in [5, 5.41) is 0. The number of amides is 1. The van der Waals surface area contributed by atoms with Crippen LogP contribution in [0.2, 0.25) is 0 Å². The van der Waals surface area contributed by atoms with E-state index in [0.29, 0.717) is 13.2 Å². The Hall–Kier alpha value is -0.780. The van der Waals surface area contributed by atoms with E-state index < -0.39 is 0 Å². The van der Waals surface area contributed by atoms with Gasteiger partial charge in [0.15, 0.2) is 0 Å². The molecule has 1 amide bonds. The summed E-state index contributed by atoms with van der Waals surface area (Å²) in [4.78, 5) is 13.1. The highest BCUT2D eigenvalue weighted by Gasteiger charge is 2.20. The van der Waals surface area contributed by atoms with Crippen molar-refractivity contribution in [3.63, 3.8) is 0 Å². The Balaban J connectivity index is 2.46. The molecule has 0 N–H and O–H groups in total. The van der Waals surface area contributed by atoms with Gasteiger partial charge in [-0.1, -0.05) is 0 Å². The van der Waals surface area contributed by atoms with E-state index in [2.05, 4.69) is 22.6 Å². The quantitative estimate of drug-likeness (QED) is 0.686. The molecule has 0 bridgehead atoms. The summed E-state index contributed by atoms with van der Waals surface area (Å²) in [5.41, 5.74) is 0.885. The lowest BCUT2D eigenvalue weighted by Gasteiger charge is -2.28. The molecule has 0 saturated heterocycles. The van der Waals surface area contributed by atoms with Crippen LogP contribution in [0.5, 0.6) is 5.75 Å². The summed E-state index contributed by atoms with van der Waals surface area (Å²) in [7, 11) is 0. The Morgan fingerprint density at radius 3 is 3.07 bits per heavy atom. The number of carbonyl (C=O) groups is 1. The molecule has 1 aromatic rings. The summed E-state index contributed by atoms with van der Waals surface area (Å²) in [6, 6.07) is 5.85. The third-order valence-electron chi connectivity index (χ3n) is 2.16. The summed E-state index contributed by atoms with van der Waals surface area (Å²) in [5.74, 6) is 0.864. The number of carbonyl (C=O) groups excluding carboxylic acids is 1. The number of halogens is 1. The summed E-state index contributed by atoms with van der Waals surface area (Å²) in [6.07, 6.45) is 0. The molecular formula is C10H10INO2. The molecule has 0 atom stereocenters. The minimum atomic E-state index is 0.0663. The summed E-state index contributed by atoms with van der Waals surface area (Å²) in [6.45, 7) is 2.80. The molecule has 74 valence electrons. The lowest BCUT2D eigenvalue weighted by atomic mass is 10.2. The monoisotopic (exact) mass is 303 g/mol. The molecule has 2 rings (SSSR count). The van der Waals surface area contributed by atoms with Crippen molar-refractivity contribution in [2.45, 2.75) is 6.92 Å². The molecule has 1 aliphatic rings. The van der Waals surface area contributed by atoms with Crippen molar-refractivity contribution in [1.29, 1.82) is 0 Å². The fraction of sp³-hybridized carbons (Fsp3) is 0.300. The minimum absolute atomic E-state index is 0.0663. The van der Waals surface area contributed by atoms with Crippen LogP contribution in [0.15, 0.2) is 18.2 Å². The van der Waals surface area contributed by atoms with Crippen molar-refractivity contribution >= 4 is 34.2 Å². The first kappa shape index (κ1) is 9.76. The van der Waals surface area contributed by atoms with Crippen LogP contribution >= 0.6 is 22.6 Å². The third kappa shape index (κ3) is 1.70. The van der Waals surface area contributed by atoms with E-state index in [1.807, 2.05) is 18.2 Å². The molecule has 0 spiro atoms. The molecule has 14 heavy (non-hydrogen) atoms. The maximum absolute atomic E-state index is 11.3. The average molecular weight is 303 g/mol. The van der Waals surface area contributed by atoms with Crippen molar-refractivity contribution in [2.75, 3.05) is 18.1 Å². The van der Waals surface area contributed by atoms with Gasteiger partial charge in [0, 0.05) is 10.5 Å². The Kier molecular flexibility index (Phi) is 2.62. The molecule has 4 heteroatoms. The number of anilines is 1. The van der Waals surface area contributed by atoms with E-state index in [0.717, 1.165) is 15.0 Å². The Morgan fingerprint density at radius 2 is 2.36 bits per heavy atom. The van der Waals surface area contributed by atoms with Crippen LogP contribution < -0.4 is 9.64 Å². The van der Waals surface area contributed by atoms with Crippen molar-refractivity contribution in [3.8, 4) is 5.75 Å². The lowest BCUT2D eigenvalue weighted by Crippen LogP contribution is -2.36. The van der Waals surface area contributed by atoms with Crippen LogP contribution in [0.1, 0.15) is 6.92 Å². The minimum Gasteiger partial charge on any atom is -0.490 e. The predicted molar refractivity (Wildman–Crippen MR) is 62.7 cm³/mol. The smallest absolute Gasteiger partial charge is 0.224 e. The number of hydrogen-bond acceptors (Lipinski definition) is 2. The molecule has 1 heterocycles. The second-order valence-electron chi connectivity index (χ2n) is 3.13. The number of ether oxygens (including phenoxy) is 1. The van der Waals surface area contributed by atoms with Crippen LogP contribution in [-0.2, 0) is 4.79 Å².